The van der Waals surface area contributed by atoms with E-state index in [0.717, 1.165) is 10.9 Å². The van der Waals surface area contributed by atoms with Crippen molar-refractivity contribution in [3.8, 4) is 5.75 Å². The molecule has 1 saturated heterocycles. The average Bonchev–Trinajstić information content (AvgIpc) is 3.63. The predicted molar refractivity (Wildman–Crippen MR) is 125 cm³/mol. The molecule has 6 unspecified atom stereocenters. The van der Waals surface area contributed by atoms with Gasteiger partial charge >= 0.3 is 0 Å². The number of rotatable bonds is 5. The Kier molecular flexibility index (Phi) is 4.73. The van der Waals surface area contributed by atoms with Crippen molar-refractivity contribution in [2.45, 2.75) is 6.42 Å². The molecule has 1 heterocycles. The molecule has 6 nitrogen and oxygen atoms in total. The fourth-order valence-electron chi connectivity index (χ4n) is 6.07. The molecule has 7 heteroatoms. The molecular formula is C26H23BrN2O4. The Morgan fingerprint density at radius 3 is 2.09 bits per heavy atom. The van der Waals surface area contributed by atoms with Crippen LogP contribution in [0.5, 0.6) is 5.75 Å². The summed E-state index contributed by atoms with van der Waals surface area (Å²) in [6, 6.07) is 14.1. The van der Waals surface area contributed by atoms with Crippen LogP contribution < -0.4 is 9.64 Å². The van der Waals surface area contributed by atoms with Gasteiger partial charge in [0.05, 0.1) is 18.9 Å². The largest absolute Gasteiger partial charge is 0.497 e. The molecule has 3 amide bonds. The first-order valence-electron chi connectivity index (χ1n) is 11.2. The second kappa shape index (κ2) is 7.55. The van der Waals surface area contributed by atoms with Gasteiger partial charge in [0.2, 0.25) is 11.8 Å². The smallest absolute Gasteiger partial charge is 0.259 e. The Morgan fingerprint density at radius 1 is 0.970 bits per heavy atom. The van der Waals surface area contributed by atoms with E-state index in [1.54, 1.807) is 55.6 Å². The summed E-state index contributed by atoms with van der Waals surface area (Å²) in [5, 5.41) is 0. The third-order valence-electron chi connectivity index (χ3n) is 7.76. The summed E-state index contributed by atoms with van der Waals surface area (Å²) in [7, 11) is 1.58. The van der Waals surface area contributed by atoms with E-state index in [9.17, 15) is 14.4 Å². The molecule has 3 fully saturated rings. The molecule has 5 aliphatic rings. The fraction of sp³-hybridized carbons (Fsp3) is 0.346. The van der Waals surface area contributed by atoms with E-state index in [1.165, 1.54) is 9.80 Å². The van der Waals surface area contributed by atoms with Crippen molar-refractivity contribution >= 4 is 39.3 Å². The molecule has 0 radical (unpaired) electrons. The molecule has 2 aromatic rings. The van der Waals surface area contributed by atoms with Crippen LogP contribution in [0.2, 0.25) is 0 Å². The molecule has 7 rings (SSSR count). The van der Waals surface area contributed by atoms with Crippen LogP contribution in [0.1, 0.15) is 16.8 Å². The Labute approximate surface area is 200 Å². The van der Waals surface area contributed by atoms with E-state index in [1.807, 2.05) is 0 Å². The molecule has 0 spiro atoms. The number of carbonyl (C=O) groups excluding carboxylic acids is 3. The number of halogens is 1. The lowest BCUT2D eigenvalue weighted by molar-refractivity contribution is -0.140. The van der Waals surface area contributed by atoms with Crippen molar-refractivity contribution in [2.75, 3.05) is 18.7 Å². The summed E-state index contributed by atoms with van der Waals surface area (Å²) < 4.78 is 6.12. The summed E-state index contributed by atoms with van der Waals surface area (Å²) in [6.07, 6.45) is 5.43. The minimum absolute atomic E-state index is 0.0966. The van der Waals surface area contributed by atoms with Crippen LogP contribution in [0.15, 0.2) is 65.2 Å². The van der Waals surface area contributed by atoms with Crippen LogP contribution in [0.4, 0.5) is 5.69 Å². The number of amides is 3. The van der Waals surface area contributed by atoms with Crippen molar-refractivity contribution < 1.29 is 19.1 Å². The van der Waals surface area contributed by atoms with E-state index >= 15 is 0 Å². The van der Waals surface area contributed by atoms with Gasteiger partial charge in [-0.3, -0.25) is 24.2 Å². The Hall–Kier alpha value is -2.93. The number of allylic oxidation sites excluding steroid dienone is 2. The lowest BCUT2D eigenvalue weighted by Gasteiger charge is -2.37. The number of nitrogens with zero attached hydrogens (tertiary/aromatic N) is 2. The van der Waals surface area contributed by atoms with Gasteiger partial charge in [0.15, 0.2) is 0 Å². The van der Waals surface area contributed by atoms with Gasteiger partial charge in [-0.25, -0.2) is 0 Å². The van der Waals surface area contributed by atoms with Crippen LogP contribution in [0, 0.1) is 35.5 Å². The Bertz CT molecular complexity index is 1140. The summed E-state index contributed by atoms with van der Waals surface area (Å²) in [4.78, 5) is 43.3. The van der Waals surface area contributed by atoms with Gasteiger partial charge in [0.1, 0.15) is 12.4 Å². The highest BCUT2D eigenvalue weighted by Gasteiger charge is 2.67. The number of methoxy groups -OCH3 is 1. The highest BCUT2D eigenvalue weighted by atomic mass is 79.9. The maximum absolute atomic E-state index is 13.5. The topological polar surface area (TPSA) is 66.9 Å². The van der Waals surface area contributed by atoms with Gasteiger partial charge in [-0.2, -0.15) is 0 Å². The number of hydrogen-bond donors (Lipinski definition) is 0. The molecule has 4 aliphatic carbocycles. The third kappa shape index (κ3) is 3.16. The zero-order valence-corrected chi connectivity index (χ0v) is 19.6. The number of carbonyl (C=O) groups is 3. The molecule has 2 bridgehead atoms. The number of benzene rings is 2. The van der Waals surface area contributed by atoms with Crippen LogP contribution in [-0.2, 0) is 9.59 Å². The Balaban J connectivity index is 1.33. The second-order valence-electron chi connectivity index (χ2n) is 9.34. The summed E-state index contributed by atoms with van der Waals surface area (Å²) in [6.45, 7) is -0.0966. The minimum atomic E-state index is -0.281. The molecule has 2 saturated carbocycles. The molecular weight excluding hydrogens is 484 g/mol. The predicted octanol–water partition coefficient (Wildman–Crippen LogP) is 4.12. The molecule has 0 N–H and O–H groups in total. The number of ether oxygens (including phenoxy) is 1. The first-order chi connectivity index (χ1) is 16.0. The Morgan fingerprint density at radius 2 is 1.55 bits per heavy atom. The van der Waals surface area contributed by atoms with Gasteiger partial charge in [0, 0.05) is 15.7 Å². The molecule has 0 aromatic heterocycles. The highest BCUT2D eigenvalue weighted by Crippen LogP contribution is 2.65. The van der Waals surface area contributed by atoms with Gasteiger partial charge in [-0.1, -0.05) is 28.1 Å². The molecule has 1 aliphatic heterocycles. The lowest BCUT2D eigenvalue weighted by atomic mass is 9.63. The number of likely N-dealkylation sites (tertiary alicyclic amines) is 1. The average molecular weight is 507 g/mol. The van der Waals surface area contributed by atoms with E-state index in [4.69, 9.17) is 4.74 Å². The number of anilines is 1. The summed E-state index contributed by atoms with van der Waals surface area (Å²) in [5.74, 6) is 0.941. The van der Waals surface area contributed by atoms with Crippen molar-refractivity contribution in [1.29, 1.82) is 0 Å². The molecule has 6 atom stereocenters. The maximum Gasteiger partial charge on any atom is 0.259 e. The fourth-order valence-corrected chi connectivity index (χ4v) is 6.34. The zero-order chi connectivity index (χ0) is 22.9. The van der Waals surface area contributed by atoms with Crippen molar-refractivity contribution in [3.63, 3.8) is 0 Å². The monoisotopic (exact) mass is 506 g/mol. The van der Waals surface area contributed by atoms with E-state index in [2.05, 4.69) is 28.1 Å². The second-order valence-corrected chi connectivity index (χ2v) is 10.3. The summed E-state index contributed by atoms with van der Waals surface area (Å²) in [5.41, 5.74) is 1.08. The van der Waals surface area contributed by atoms with Gasteiger partial charge < -0.3 is 4.74 Å². The molecule has 33 heavy (non-hydrogen) atoms. The van der Waals surface area contributed by atoms with Crippen LogP contribution >= 0.6 is 15.9 Å². The first-order valence-corrected chi connectivity index (χ1v) is 12.0. The van der Waals surface area contributed by atoms with Gasteiger partial charge in [0.25, 0.3) is 5.91 Å². The van der Waals surface area contributed by atoms with Gasteiger partial charge in [-0.05, 0) is 78.6 Å². The normalized spacial score (nSPS) is 30.8. The van der Waals surface area contributed by atoms with E-state index < -0.39 is 0 Å². The van der Waals surface area contributed by atoms with Crippen LogP contribution in [0.25, 0.3) is 0 Å². The SMILES string of the molecule is COc1ccc(N(CN2C(=O)C3C4C=CC(C5CC45)C3C2=O)C(=O)c2ccc(Br)cc2)cc1. The van der Waals surface area contributed by atoms with Crippen LogP contribution in [-0.4, -0.2) is 36.4 Å². The van der Waals surface area contributed by atoms with Gasteiger partial charge in [-0.15, -0.1) is 0 Å². The maximum atomic E-state index is 13.5. The quantitative estimate of drug-likeness (QED) is 0.452. The van der Waals surface area contributed by atoms with Crippen molar-refractivity contribution in [3.05, 3.63) is 70.7 Å². The van der Waals surface area contributed by atoms with Crippen LogP contribution in [0.3, 0.4) is 0 Å². The highest BCUT2D eigenvalue weighted by molar-refractivity contribution is 9.10. The first kappa shape index (κ1) is 20.7. The minimum Gasteiger partial charge on any atom is -0.497 e. The standard InChI is InChI=1S/C26H23BrN2O4/c1-33-17-8-6-16(7-9-17)28(24(30)14-2-4-15(27)5-3-14)13-29-25(31)22-18-10-11-19(21-12-20(18)21)23(22)26(29)32/h2-11,18-23H,12-13H2,1H3. The van der Waals surface area contributed by atoms with E-state index in [0.29, 0.717) is 28.8 Å². The molecule has 2 aromatic carbocycles. The summed E-state index contributed by atoms with van der Waals surface area (Å²) >= 11 is 3.40. The van der Waals surface area contributed by atoms with Crippen molar-refractivity contribution in [2.24, 2.45) is 35.5 Å². The molecule has 168 valence electrons. The van der Waals surface area contributed by atoms with E-state index in [-0.39, 0.29) is 48.1 Å². The number of imide groups is 1. The lowest BCUT2D eigenvalue weighted by Crippen LogP contribution is -2.45. The van der Waals surface area contributed by atoms with Crippen molar-refractivity contribution in [1.82, 2.24) is 4.90 Å². The number of hydrogen-bond acceptors (Lipinski definition) is 4. The third-order valence-corrected chi connectivity index (χ3v) is 8.29. The zero-order valence-electron chi connectivity index (χ0n) is 18.1.